The van der Waals surface area contributed by atoms with Crippen LogP contribution >= 0.6 is 34.8 Å². The number of nitrogens with one attached hydrogen (secondary N) is 1. The van der Waals surface area contributed by atoms with Gasteiger partial charge < -0.3 is 4.74 Å². The van der Waals surface area contributed by atoms with Crippen molar-refractivity contribution >= 4 is 52.6 Å². The van der Waals surface area contributed by atoms with Gasteiger partial charge in [0.05, 0.1) is 21.2 Å². The highest BCUT2D eigenvalue weighted by Crippen LogP contribution is 2.34. The van der Waals surface area contributed by atoms with E-state index >= 15 is 0 Å². The molecule has 0 aromatic heterocycles. The Morgan fingerprint density at radius 2 is 1.74 bits per heavy atom. The second-order valence-corrected chi connectivity index (χ2v) is 7.42. The first-order valence-electron chi connectivity index (χ1n) is 8.78. The maximum Gasteiger partial charge on any atom is 0.271 e. The van der Waals surface area contributed by atoms with Crippen molar-refractivity contribution < 1.29 is 14.5 Å². The van der Waals surface area contributed by atoms with E-state index < -0.39 is 10.8 Å². The number of carbonyl (C=O) groups excluding carboxylic acids is 1. The summed E-state index contributed by atoms with van der Waals surface area (Å²) in [6, 6.07) is 15.7. The standard InChI is InChI=1S/C21H14Cl3N3O4/c22-17-7-2-1-4-15(17)12-31-20-18(23)8-13(9-19(20)24)11-25-26-21(28)14-5-3-6-16(10-14)27(29)30/h1-11H,12H2,(H,26,28)/b25-11-. The normalized spacial score (nSPS) is 10.8. The van der Waals surface area contributed by atoms with Gasteiger partial charge in [0.1, 0.15) is 6.61 Å². The van der Waals surface area contributed by atoms with Crippen LogP contribution in [0.25, 0.3) is 0 Å². The molecule has 0 unspecified atom stereocenters. The Morgan fingerprint density at radius 3 is 2.42 bits per heavy atom. The van der Waals surface area contributed by atoms with E-state index in [9.17, 15) is 14.9 Å². The van der Waals surface area contributed by atoms with E-state index in [2.05, 4.69) is 10.5 Å². The van der Waals surface area contributed by atoms with Crippen LogP contribution in [0, 0.1) is 10.1 Å². The van der Waals surface area contributed by atoms with Crippen molar-refractivity contribution in [3.63, 3.8) is 0 Å². The minimum Gasteiger partial charge on any atom is -0.486 e. The first-order valence-corrected chi connectivity index (χ1v) is 9.91. The Labute approximate surface area is 192 Å². The second-order valence-electron chi connectivity index (χ2n) is 6.20. The summed E-state index contributed by atoms with van der Waals surface area (Å²) in [6.45, 7) is 0.186. The van der Waals surface area contributed by atoms with E-state index in [1.54, 1.807) is 18.2 Å². The highest BCUT2D eigenvalue weighted by Gasteiger charge is 2.12. The van der Waals surface area contributed by atoms with Crippen LogP contribution in [0.4, 0.5) is 5.69 Å². The van der Waals surface area contributed by atoms with Crippen LogP contribution in [0.2, 0.25) is 15.1 Å². The Hall–Kier alpha value is -3.13. The van der Waals surface area contributed by atoms with Gasteiger partial charge in [-0.25, -0.2) is 5.43 Å². The van der Waals surface area contributed by atoms with Crippen molar-refractivity contribution in [3.05, 3.63) is 103 Å². The van der Waals surface area contributed by atoms with Crippen molar-refractivity contribution in [3.8, 4) is 5.75 Å². The summed E-state index contributed by atoms with van der Waals surface area (Å²) in [5.41, 5.74) is 3.50. The molecule has 0 heterocycles. The summed E-state index contributed by atoms with van der Waals surface area (Å²) in [6.07, 6.45) is 1.34. The van der Waals surface area contributed by atoms with Gasteiger partial charge in [-0.3, -0.25) is 14.9 Å². The zero-order valence-corrected chi connectivity index (χ0v) is 18.0. The number of rotatable bonds is 7. The number of non-ortho nitro benzene ring substituents is 1. The van der Waals surface area contributed by atoms with E-state index in [1.807, 2.05) is 18.2 Å². The molecule has 31 heavy (non-hydrogen) atoms. The molecule has 0 atom stereocenters. The Kier molecular flexibility index (Phi) is 7.46. The predicted molar refractivity (Wildman–Crippen MR) is 120 cm³/mol. The minimum atomic E-state index is -0.600. The zero-order chi connectivity index (χ0) is 22.4. The molecular weight excluding hydrogens is 465 g/mol. The molecule has 3 rings (SSSR count). The average molecular weight is 479 g/mol. The van der Waals surface area contributed by atoms with Crippen LogP contribution in [0.3, 0.4) is 0 Å². The van der Waals surface area contributed by atoms with Crippen molar-refractivity contribution in [1.82, 2.24) is 5.43 Å². The Morgan fingerprint density at radius 1 is 1.03 bits per heavy atom. The highest BCUT2D eigenvalue weighted by atomic mass is 35.5. The quantitative estimate of drug-likeness (QED) is 0.260. The largest absolute Gasteiger partial charge is 0.486 e. The average Bonchev–Trinajstić information content (AvgIpc) is 2.74. The van der Waals surface area contributed by atoms with E-state index in [0.717, 1.165) is 11.6 Å². The van der Waals surface area contributed by atoms with Crippen LogP contribution in [0.15, 0.2) is 65.8 Å². The lowest BCUT2D eigenvalue weighted by atomic mass is 10.2. The predicted octanol–water partition coefficient (Wildman–Crippen LogP) is 5.90. The molecule has 3 aromatic rings. The molecule has 0 fully saturated rings. The summed E-state index contributed by atoms with van der Waals surface area (Å²) in [5.74, 6) is -0.308. The van der Waals surface area contributed by atoms with E-state index in [1.165, 1.54) is 24.4 Å². The molecule has 0 aliphatic rings. The molecule has 3 aromatic carbocycles. The number of nitro groups is 1. The molecule has 1 N–H and O–H groups in total. The summed E-state index contributed by atoms with van der Waals surface area (Å²) in [5, 5.41) is 15.7. The third-order valence-corrected chi connectivity index (χ3v) is 4.98. The number of hydrogen-bond donors (Lipinski definition) is 1. The summed E-state index contributed by atoms with van der Waals surface area (Å²) < 4.78 is 5.70. The van der Waals surface area contributed by atoms with Crippen LogP contribution in [-0.2, 0) is 6.61 Å². The first kappa shape index (κ1) is 22.6. The SMILES string of the molecule is O=C(N/N=C\c1cc(Cl)c(OCc2ccccc2Cl)c(Cl)c1)c1cccc([N+](=O)[O-])c1. The lowest BCUT2D eigenvalue weighted by Gasteiger charge is -2.11. The molecule has 0 aliphatic heterocycles. The van der Waals surface area contributed by atoms with Gasteiger partial charge in [-0.2, -0.15) is 5.10 Å². The van der Waals surface area contributed by atoms with Gasteiger partial charge in [-0.05, 0) is 29.8 Å². The highest BCUT2D eigenvalue weighted by molar-refractivity contribution is 6.37. The molecule has 1 amide bonds. The van der Waals surface area contributed by atoms with Gasteiger partial charge in [0.15, 0.2) is 5.75 Å². The molecule has 158 valence electrons. The lowest BCUT2D eigenvalue weighted by molar-refractivity contribution is -0.384. The van der Waals surface area contributed by atoms with Crippen molar-refractivity contribution in [1.29, 1.82) is 0 Å². The molecule has 0 saturated carbocycles. The van der Waals surface area contributed by atoms with Crippen LogP contribution in [0.5, 0.6) is 5.75 Å². The summed E-state index contributed by atoms with van der Waals surface area (Å²) >= 11 is 18.7. The topological polar surface area (TPSA) is 93.8 Å². The summed E-state index contributed by atoms with van der Waals surface area (Å²) in [4.78, 5) is 22.3. The van der Waals surface area contributed by atoms with Crippen molar-refractivity contribution in [2.24, 2.45) is 5.10 Å². The number of hydrogen-bond acceptors (Lipinski definition) is 5. The smallest absolute Gasteiger partial charge is 0.271 e. The molecule has 0 bridgehead atoms. The fraction of sp³-hybridized carbons (Fsp3) is 0.0476. The molecule has 7 nitrogen and oxygen atoms in total. The van der Waals surface area contributed by atoms with Crippen LogP contribution in [-0.4, -0.2) is 17.0 Å². The third kappa shape index (κ3) is 5.95. The number of benzene rings is 3. The molecular formula is C21H14Cl3N3O4. The Balaban J connectivity index is 1.66. The van der Waals surface area contributed by atoms with Gasteiger partial charge in [0.25, 0.3) is 11.6 Å². The van der Waals surface area contributed by atoms with Gasteiger partial charge in [0, 0.05) is 28.3 Å². The molecule has 0 radical (unpaired) electrons. The fourth-order valence-electron chi connectivity index (χ4n) is 2.55. The van der Waals surface area contributed by atoms with E-state index in [4.69, 9.17) is 39.5 Å². The van der Waals surface area contributed by atoms with Gasteiger partial charge >= 0.3 is 0 Å². The van der Waals surface area contributed by atoms with Gasteiger partial charge in [-0.1, -0.05) is 59.1 Å². The van der Waals surface area contributed by atoms with Crippen LogP contribution < -0.4 is 10.2 Å². The fourth-order valence-corrected chi connectivity index (χ4v) is 3.35. The first-order chi connectivity index (χ1) is 14.8. The number of amides is 1. The minimum absolute atomic E-state index is 0.103. The van der Waals surface area contributed by atoms with Crippen LogP contribution in [0.1, 0.15) is 21.5 Å². The lowest BCUT2D eigenvalue weighted by Crippen LogP contribution is -2.17. The number of nitrogens with zero attached hydrogens (tertiary/aromatic N) is 2. The van der Waals surface area contributed by atoms with Crippen molar-refractivity contribution in [2.75, 3.05) is 0 Å². The maximum absolute atomic E-state index is 12.1. The Bertz CT molecular complexity index is 1150. The number of nitro benzene ring substituents is 1. The van der Waals surface area contributed by atoms with Gasteiger partial charge in [-0.15, -0.1) is 0 Å². The maximum atomic E-state index is 12.1. The monoisotopic (exact) mass is 477 g/mol. The number of hydrazone groups is 1. The second kappa shape index (κ2) is 10.3. The third-order valence-electron chi connectivity index (χ3n) is 4.05. The van der Waals surface area contributed by atoms with Crippen molar-refractivity contribution in [2.45, 2.75) is 6.61 Å². The molecule has 0 spiro atoms. The number of carbonyl (C=O) groups is 1. The van der Waals surface area contributed by atoms with E-state index in [0.29, 0.717) is 16.3 Å². The summed E-state index contributed by atoms with van der Waals surface area (Å²) in [7, 11) is 0. The zero-order valence-electron chi connectivity index (χ0n) is 15.7. The number of ether oxygens (including phenoxy) is 1. The van der Waals surface area contributed by atoms with Gasteiger partial charge in [0.2, 0.25) is 0 Å². The molecule has 0 aliphatic carbocycles. The van der Waals surface area contributed by atoms with E-state index in [-0.39, 0.29) is 27.9 Å². The number of halogens is 3. The molecule has 0 saturated heterocycles. The molecule has 10 heteroatoms.